The number of hydrogen-bond donors (Lipinski definition) is 1. The van der Waals surface area contributed by atoms with Crippen molar-refractivity contribution in [3.05, 3.63) is 42.2 Å². The molecular formula is C10H12FN. The van der Waals surface area contributed by atoms with Gasteiger partial charge in [0.15, 0.2) is 0 Å². The molecule has 0 saturated heterocycles. The Labute approximate surface area is 71.9 Å². The van der Waals surface area contributed by atoms with E-state index < -0.39 is 0 Å². The fraction of sp³-hybridized carbons (Fsp3) is 0.200. The fourth-order valence-electron chi connectivity index (χ4n) is 0.946. The zero-order valence-electron chi connectivity index (χ0n) is 7.10. The molecule has 0 fully saturated rings. The lowest BCUT2D eigenvalue weighted by Gasteiger charge is -2.04. The van der Waals surface area contributed by atoms with Gasteiger partial charge >= 0.3 is 0 Å². The molecule has 0 aromatic heterocycles. The Bertz CT molecular complexity index is 281. The minimum atomic E-state index is -0.211. The van der Waals surface area contributed by atoms with Crippen molar-refractivity contribution in [2.75, 3.05) is 11.9 Å². The number of anilines is 1. The number of benzene rings is 1. The van der Waals surface area contributed by atoms with Crippen molar-refractivity contribution in [2.24, 2.45) is 0 Å². The van der Waals surface area contributed by atoms with Gasteiger partial charge in [0.05, 0.1) is 5.69 Å². The molecule has 2 heteroatoms. The molecular weight excluding hydrogens is 153 g/mol. The van der Waals surface area contributed by atoms with E-state index in [0.717, 1.165) is 5.56 Å². The van der Waals surface area contributed by atoms with Gasteiger partial charge in [-0.1, -0.05) is 12.1 Å². The number of aryl methyl sites for hydroxylation is 1. The van der Waals surface area contributed by atoms with Crippen molar-refractivity contribution in [1.82, 2.24) is 0 Å². The molecule has 0 unspecified atom stereocenters. The monoisotopic (exact) mass is 165 g/mol. The van der Waals surface area contributed by atoms with Gasteiger partial charge in [0.1, 0.15) is 5.82 Å². The highest BCUT2D eigenvalue weighted by atomic mass is 19.1. The van der Waals surface area contributed by atoms with Gasteiger partial charge < -0.3 is 5.32 Å². The molecule has 64 valence electrons. The fourth-order valence-corrected chi connectivity index (χ4v) is 0.946. The predicted molar refractivity (Wildman–Crippen MR) is 49.8 cm³/mol. The van der Waals surface area contributed by atoms with E-state index >= 15 is 0 Å². The molecule has 0 heterocycles. The summed E-state index contributed by atoms with van der Waals surface area (Å²) in [6.07, 6.45) is 1.69. The summed E-state index contributed by atoms with van der Waals surface area (Å²) in [4.78, 5) is 0. The van der Waals surface area contributed by atoms with Gasteiger partial charge in [0, 0.05) is 6.54 Å². The maximum Gasteiger partial charge on any atom is 0.146 e. The average molecular weight is 165 g/mol. The SMILES string of the molecule is C=CCNc1ccc(C)cc1F. The standard InChI is InChI=1S/C10H12FN/c1-3-6-12-10-5-4-8(2)7-9(10)11/h3-5,7,12H,1,6H2,2H3. The van der Waals surface area contributed by atoms with Crippen LogP contribution in [0.4, 0.5) is 10.1 Å². The van der Waals surface area contributed by atoms with Crippen LogP contribution in [0.1, 0.15) is 5.56 Å². The zero-order chi connectivity index (χ0) is 8.97. The molecule has 0 bridgehead atoms. The van der Waals surface area contributed by atoms with Crippen molar-refractivity contribution in [3.63, 3.8) is 0 Å². The number of nitrogens with one attached hydrogen (secondary N) is 1. The van der Waals surface area contributed by atoms with Gasteiger partial charge in [0.25, 0.3) is 0 Å². The highest BCUT2D eigenvalue weighted by Crippen LogP contribution is 2.14. The number of rotatable bonds is 3. The Hall–Kier alpha value is -1.31. The lowest BCUT2D eigenvalue weighted by Crippen LogP contribution is -1.99. The smallest absolute Gasteiger partial charge is 0.146 e. The normalized spacial score (nSPS) is 9.50. The molecule has 0 radical (unpaired) electrons. The molecule has 1 aromatic carbocycles. The molecule has 1 N–H and O–H groups in total. The first-order valence-corrected chi connectivity index (χ1v) is 3.85. The third kappa shape index (κ3) is 2.09. The van der Waals surface area contributed by atoms with E-state index in [1.54, 1.807) is 12.1 Å². The van der Waals surface area contributed by atoms with Gasteiger partial charge in [-0.2, -0.15) is 0 Å². The van der Waals surface area contributed by atoms with Crippen LogP contribution < -0.4 is 5.32 Å². The van der Waals surface area contributed by atoms with Crippen LogP contribution in [0, 0.1) is 12.7 Å². The van der Waals surface area contributed by atoms with Gasteiger partial charge in [-0.15, -0.1) is 6.58 Å². The molecule has 1 nitrogen and oxygen atoms in total. The van der Waals surface area contributed by atoms with Gasteiger partial charge in [-0.25, -0.2) is 4.39 Å². The van der Waals surface area contributed by atoms with Crippen LogP contribution in [0.5, 0.6) is 0 Å². The predicted octanol–water partition coefficient (Wildman–Crippen LogP) is 2.73. The minimum Gasteiger partial charge on any atom is -0.379 e. The summed E-state index contributed by atoms with van der Waals surface area (Å²) in [5, 5.41) is 2.90. The van der Waals surface area contributed by atoms with E-state index in [4.69, 9.17) is 0 Å². The van der Waals surface area contributed by atoms with E-state index in [1.807, 2.05) is 13.0 Å². The summed E-state index contributed by atoms with van der Waals surface area (Å²) >= 11 is 0. The molecule has 12 heavy (non-hydrogen) atoms. The third-order valence-corrected chi connectivity index (χ3v) is 1.56. The van der Waals surface area contributed by atoms with Crippen LogP contribution in [0.2, 0.25) is 0 Å². The minimum absolute atomic E-state index is 0.211. The summed E-state index contributed by atoms with van der Waals surface area (Å²) in [6.45, 7) is 5.98. The van der Waals surface area contributed by atoms with Crippen molar-refractivity contribution < 1.29 is 4.39 Å². The maximum atomic E-state index is 13.1. The van der Waals surface area contributed by atoms with Crippen LogP contribution in [-0.4, -0.2) is 6.54 Å². The first-order valence-electron chi connectivity index (χ1n) is 3.85. The molecule has 0 aliphatic carbocycles. The molecule has 1 rings (SSSR count). The second-order valence-corrected chi connectivity index (χ2v) is 2.65. The van der Waals surface area contributed by atoms with Crippen LogP contribution in [-0.2, 0) is 0 Å². The first kappa shape index (κ1) is 8.78. The number of halogens is 1. The highest BCUT2D eigenvalue weighted by Gasteiger charge is 1.98. The van der Waals surface area contributed by atoms with Crippen molar-refractivity contribution in [3.8, 4) is 0 Å². The second-order valence-electron chi connectivity index (χ2n) is 2.65. The van der Waals surface area contributed by atoms with E-state index in [0.29, 0.717) is 12.2 Å². The summed E-state index contributed by atoms with van der Waals surface area (Å²) in [7, 11) is 0. The Morgan fingerprint density at radius 3 is 2.92 bits per heavy atom. The quantitative estimate of drug-likeness (QED) is 0.679. The van der Waals surface area contributed by atoms with E-state index in [9.17, 15) is 4.39 Å². The van der Waals surface area contributed by atoms with Crippen LogP contribution in [0.15, 0.2) is 30.9 Å². The summed E-state index contributed by atoms with van der Waals surface area (Å²) in [5.74, 6) is -0.211. The molecule has 1 aromatic rings. The lowest BCUT2D eigenvalue weighted by molar-refractivity contribution is 0.629. The van der Waals surface area contributed by atoms with Gasteiger partial charge in [0.2, 0.25) is 0 Å². The van der Waals surface area contributed by atoms with Crippen molar-refractivity contribution in [1.29, 1.82) is 0 Å². The van der Waals surface area contributed by atoms with Crippen molar-refractivity contribution in [2.45, 2.75) is 6.92 Å². The Kier molecular flexibility index (Phi) is 2.86. The van der Waals surface area contributed by atoms with Crippen LogP contribution >= 0.6 is 0 Å². The summed E-state index contributed by atoms with van der Waals surface area (Å²) < 4.78 is 13.1. The highest BCUT2D eigenvalue weighted by molar-refractivity contribution is 5.46. The Balaban J connectivity index is 2.78. The topological polar surface area (TPSA) is 12.0 Å². The first-order chi connectivity index (χ1) is 5.74. The van der Waals surface area contributed by atoms with Gasteiger partial charge in [-0.05, 0) is 24.6 Å². The van der Waals surface area contributed by atoms with Gasteiger partial charge in [-0.3, -0.25) is 0 Å². The van der Waals surface area contributed by atoms with Crippen LogP contribution in [0.25, 0.3) is 0 Å². The van der Waals surface area contributed by atoms with E-state index in [2.05, 4.69) is 11.9 Å². The van der Waals surface area contributed by atoms with Crippen molar-refractivity contribution >= 4 is 5.69 Å². The summed E-state index contributed by atoms with van der Waals surface area (Å²) in [5.41, 5.74) is 1.46. The van der Waals surface area contributed by atoms with E-state index in [-0.39, 0.29) is 5.82 Å². The summed E-state index contributed by atoms with van der Waals surface area (Å²) in [6, 6.07) is 5.11. The maximum absolute atomic E-state index is 13.1. The molecule has 0 amide bonds. The molecule has 0 atom stereocenters. The molecule has 0 saturated carbocycles. The van der Waals surface area contributed by atoms with E-state index in [1.165, 1.54) is 6.07 Å². The largest absolute Gasteiger partial charge is 0.379 e. The average Bonchev–Trinajstić information content (AvgIpc) is 2.03. The molecule has 0 aliphatic rings. The zero-order valence-corrected chi connectivity index (χ0v) is 7.10. The third-order valence-electron chi connectivity index (χ3n) is 1.56. The number of hydrogen-bond acceptors (Lipinski definition) is 1. The lowest BCUT2D eigenvalue weighted by atomic mass is 10.2. The molecule has 0 spiro atoms. The Morgan fingerprint density at radius 2 is 2.33 bits per heavy atom. The second kappa shape index (κ2) is 3.90. The van der Waals surface area contributed by atoms with Crippen LogP contribution in [0.3, 0.4) is 0 Å². The molecule has 0 aliphatic heterocycles. The Morgan fingerprint density at radius 1 is 1.58 bits per heavy atom.